The quantitative estimate of drug-likeness (QED) is 0.642. The third-order valence-corrected chi connectivity index (χ3v) is 2.69. The molecule has 0 unspecified atom stereocenters. The van der Waals surface area contributed by atoms with E-state index < -0.39 is 0 Å². The SMILES string of the molecule is CNCCC1CCC(N)CC1. The molecule has 1 rings (SSSR count). The standard InChI is InChI=1S/C9H20N2/c1-11-7-6-8-2-4-9(10)5-3-8/h8-9,11H,2-7,10H2,1H3. The monoisotopic (exact) mass is 156 g/mol. The van der Waals surface area contributed by atoms with Crippen molar-refractivity contribution in [1.82, 2.24) is 5.32 Å². The van der Waals surface area contributed by atoms with Crippen molar-refractivity contribution in [3.8, 4) is 0 Å². The lowest BCUT2D eigenvalue weighted by Gasteiger charge is -2.25. The molecule has 0 bridgehead atoms. The highest BCUT2D eigenvalue weighted by molar-refractivity contribution is 4.74. The van der Waals surface area contributed by atoms with Crippen LogP contribution >= 0.6 is 0 Å². The fraction of sp³-hybridized carbons (Fsp3) is 1.00. The summed E-state index contributed by atoms with van der Waals surface area (Å²) >= 11 is 0. The predicted octanol–water partition coefficient (Wildman–Crippen LogP) is 1.11. The molecule has 3 N–H and O–H groups in total. The summed E-state index contributed by atoms with van der Waals surface area (Å²) in [5.41, 5.74) is 5.81. The molecule has 1 fully saturated rings. The zero-order valence-corrected chi connectivity index (χ0v) is 7.47. The average molecular weight is 156 g/mol. The molecule has 2 heteroatoms. The molecule has 0 heterocycles. The molecular weight excluding hydrogens is 136 g/mol. The number of rotatable bonds is 3. The number of hydrogen-bond donors (Lipinski definition) is 2. The van der Waals surface area contributed by atoms with Gasteiger partial charge in [0.2, 0.25) is 0 Å². The number of hydrogen-bond acceptors (Lipinski definition) is 2. The molecule has 1 saturated carbocycles. The molecule has 11 heavy (non-hydrogen) atoms. The fourth-order valence-electron chi connectivity index (χ4n) is 1.83. The van der Waals surface area contributed by atoms with Crippen LogP contribution < -0.4 is 11.1 Å². The van der Waals surface area contributed by atoms with Crippen molar-refractivity contribution in [2.24, 2.45) is 11.7 Å². The van der Waals surface area contributed by atoms with E-state index in [0.29, 0.717) is 6.04 Å². The third-order valence-electron chi connectivity index (χ3n) is 2.69. The topological polar surface area (TPSA) is 38.0 Å². The van der Waals surface area contributed by atoms with Gasteiger partial charge in [-0.2, -0.15) is 0 Å². The number of nitrogens with two attached hydrogens (primary N) is 1. The maximum absolute atomic E-state index is 5.81. The first-order chi connectivity index (χ1) is 5.33. The lowest BCUT2D eigenvalue weighted by Crippen LogP contribution is -2.27. The van der Waals surface area contributed by atoms with Gasteiger partial charge in [0.05, 0.1) is 0 Å². The van der Waals surface area contributed by atoms with Crippen molar-refractivity contribution in [3.05, 3.63) is 0 Å². The normalized spacial score (nSPS) is 32.2. The van der Waals surface area contributed by atoms with E-state index >= 15 is 0 Å². The van der Waals surface area contributed by atoms with Gasteiger partial charge in [0.15, 0.2) is 0 Å². The molecule has 0 atom stereocenters. The van der Waals surface area contributed by atoms with Crippen LogP contribution in [0.25, 0.3) is 0 Å². The van der Waals surface area contributed by atoms with E-state index in [4.69, 9.17) is 5.73 Å². The highest BCUT2D eigenvalue weighted by Gasteiger charge is 2.17. The highest BCUT2D eigenvalue weighted by atomic mass is 14.8. The van der Waals surface area contributed by atoms with E-state index in [9.17, 15) is 0 Å². The summed E-state index contributed by atoms with van der Waals surface area (Å²) in [5, 5.41) is 3.19. The maximum Gasteiger partial charge on any atom is 0.00390 e. The van der Waals surface area contributed by atoms with E-state index in [1.807, 2.05) is 7.05 Å². The molecule has 0 spiro atoms. The summed E-state index contributed by atoms with van der Waals surface area (Å²) in [7, 11) is 2.02. The molecule has 0 aromatic rings. The first kappa shape index (κ1) is 9.01. The Morgan fingerprint density at radius 2 is 1.91 bits per heavy atom. The molecule has 0 saturated heterocycles. The van der Waals surface area contributed by atoms with E-state index in [-0.39, 0.29) is 0 Å². The second kappa shape index (κ2) is 4.73. The van der Waals surface area contributed by atoms with Crippen molar-refractivity contribution in [2.45, 2.75) is 38.1 Å². The molecule has 0 aromatic heterocycles. The van der Waals surface area contributed by atoms with Crippen LogP contribution in [0.15, 0.2) is 0 Å². The minimum Gasteiger partial charge on any atom is -0.328 e. The Balaban J connectivity index is 2.07. The van der Waals surface area contributed by atoms with Crippen molar-refractivity contribution in [3.63, 3.8) is 0 Å². The van der Waals surface area contributed by atoms with Gasteiger partial charge in [-0.05, 0) is 51.6 Å². The van der Waals surface area contributed by atoms with Crippen molar-refractivity contribution in [2.75, 3.05) is 13.6 Å². The largest absolute Gasteiger partial charge is 0.328 e. The minimum absolute atomic E-state index is 0.501. The van der Waals surface area contributed by atoms with Gasteiger partial charge in [-0.15, -0.1) is 0 Å². The van der Waals surface area contributed by atoms with Gasteiger partial charge in [-0.3, -0.25) is 0 Å². The van der Waals surface area contributed by atoms with Gasteiger partial charge >= 0.3 is 0 Å². The predicted molar refractivity (Wildman–Crippen MR) is 48.5 cm³/mol. The second-order valence-corrected chi connectivity index (χ2v) is 3.67. The molecule has 66 valence electrons. The van der Waals surface area contributed by atoms with E-state index in [1.165, 1.54) is 38.6 Å². The van der Waals surface area contributed by atoms with Crippen molar-refractivity contribution < 1.29 is 0 Å². The van der Waals surface area contributed by atoms with Crippen LogP contribution in [0.2, 0.25) is 0 Å². The minimum atomic E-state index is 0.501. The highest BCUT2D eigenvalue weighted by Crippen LogP contribution is 2.25. The first-order valence-electron chi connectivity index (χ1n) is 4.73. The summed E-state index contributed by atoms with van der Waals surface area (Å²) in [4.78, 5) is 0. The molecule has 0 amide bonds. The molecule has 0 aromatic carbocycles. The van der Waals surface area contributed by atoms with Crippen LogP contribution in [0.3, 0.4) is 0 Å². The molecule has 2 nitrogen and oxygen atoms in total. The van der Waals surface area contributed by atoms with Crippen LogP contribution in [0, 0.1) is 5.92 Å². The fourth-order valence-corrected chi connectivity index (χ4v) is 1.83. The summed E-state index contributed by atoms with van der Waals surface area (Å²) in [5.74, 6) is 0.947. The van der Waals surface area contributed by atoms with Gasteiger partial charge in [-0.1, -0.05) is 0 Å². The first-order valence-corrected chi connectivity index (χ1v) is 4.73. The van der Waals surface area contributed by atoms with Crippen molar-refractivity contribution >= 4 is 0 Å². The molecule has 1 aliphatic rings. The third kappa shape index (κ3) is 3.21. The lowest BCUT2D eigenvalue weighted by molar-refractivity contribution is 0.309. The Morgan fingerprint density at radius 1 is 1.27 bits per heavy atom. The van der Waals surface area contributed by atoms with Crippen LogP contribution in [0.1, 0.15) is 32.1 Å². The van der Waals surface area contributed by atoms with E-state index in [0.717, 1.165) is 5.92 Å². The Hall–Kier alpha value is -0.0800. The van der Waals surface area contributed by atoms with Gasteiger partial charge in [0, 0.05) is 6.04 Å². The smallest absolute Gasteiger partial charge is 0.00390 e. The summed E-state index contributed by atoms with van der Waals surface area (Å²) in [6.45, 7) is 1.17. The molecule has 0 radical (unpaired) electrons. The average Bonchev–Trinajstić information content (AvgIpc) is 2.04. The zero-order chi connectivity index (χ0) is 8.10. The van der Waals surface area contributed by atoms with E-state index in [1.54, 1.807) is 0 Å². The Morgan fingerprint density at radius 3 is 2.45 bits per heavy atom. The summed E-state index contributed by atoms with van der Waals surface area (Å²) in [6.07, 6.45) is 6.53. The van der Waals surface area contributed by atoms with Gasteiger partial charge in [-0.25, -0.2) is 0 Å². The molecular formula is C9H20N2. The Labute approximate surface area is 69.5 Å². The lowest BCUT2D eigenvalue weighted by atomic mass is 9.84. The number of nitrogens with one attached hydrogen (secondary N) is 1. The van der Waals surface area contributed by atoms with Crippen LogP contribution in [-0.2, 0) is 0 Å². The second-order valence-electron chi connectivity index (χ2n) is 3.67. The summed E-state index contributed by atoms with van der Waals surface area (Å²) in [6, 6.07) is 0.501. The Bertz CT molecular complexity index is 93.0. The van der Waals surface area contributed by atoms with Crippen LogP contribution in [0.5, 0.6) is 0 Å². The Kier molecular flexibility index (Phi) is 3.87. The van der Waals surface area contributed by atoms with Crippen LogP contribution in [-0.4, -0.2) is 19.6 Å². The van der Waals surface area contributed by atoms with Gasteiger partial charge < -0.3 is 11.1 Å². The van der Waals surface area contributed by atoms with Gasteiger partial charge in [0.25, 0.3) is 0 Å². The van der Waals surface area contributed by atoms with Gasteiger partial charge in [0.1, 0.15) is 0 Å². The zero-order valence-electron chi connectivity index (χ0n) is 7.47. The molecule has 0 aliphatic heterocycles. The maximum atomic E-state index is 5.81. The summed E-state index contributed by atoms with van der Waals surface area (Å²) < 4.78 is 0. The van der Waals surface area contributed by atoms with Crippen LogP contribution in [0.4, 0.5) is 0 Å². The molecule has 1 aliphatic carbocycles. The van der Waals surface area contributed by atoms with E-state index in [2.05, 4.69) is 5.32 Å². The van der Waals surface area contributed by atoms with Crippen molar-refractivity contribution in [1.29, 1.82) is 0 Å².